The molecule has 1 N–H and O–H groups in total. The highest BCUT2D eigenvalue weighted by Gasteiger charge is 2.46. The van der Waals surface area contributed by atoms with Gasteiger partial charge in [0.1, 0.15) is 5.54 Å². The lowest BCUT2D eigenvalue weighted by Gasteiger charge is -2.45. The van der Waals surface area contributed by atoms with Crippen LogP contribution in [-0.2, 0) is 9.59 Å². The topological polar surface area (TPSA) is 60.9 Å². The summed E-state index contributed by atoms with van der Waals surface area (Å²) in [6.07, 6.45) is 1.70. The third-order valence-electron chi connectivity index (χ3n) is 3.69. The molecule has 1 amide bonds. The van der Waals surface area contributed by atoms with Gasteiger partial charge in [0, 0.05) is 19.1 Å². The summed E-state index contributed by atoms with van der Waals surface area (Å²) in [4.78, 5) is 26.4. The van der Waals surface area contributed by atoms with Crippen LogP contribution in [0.4, 0.5) is 0 Å². The van der Waals surface area contributed by atoms with Gasteiger partial charge in [-0.15, -0.1) is 0 Å². The highest BCUT2D eigenvalue weighted by atomic mass is 16.4. The van der Waals surface area contributed by atoms with Crippen molar-refractivity contribution in [2.75, 3.05) is 19.6 Å². The van der Waals surface area contributed by atoms with Crippen molar-refractivity contribution in [1.29, 1.82) is 0 Å². The Labute approximate surface area is 102 Å². The van der Waals surface area contributed by atoms with Gasteiger partial charge in [0.05, 0.1) is 0 Å². The number of hydrogen-bond donors (Lipinski definition) is 1. The van der Waals surface area contributed by atoms with Crippen LogP contribution >= 0.6 is 0 Å². The first-order chi connectivity index (χ1) is 7.97. The van der Waals surface area contributed by atoms with Gasteiger partial charge in [0.25, 0.3) is 0 Å². The van der Waals surface area contributed by atoms with Crippen LogP contribution in [-0.4, -0.2) is 58.5 Å². The van der Waals surface area contributed by atoms with Crippen LogP contribution in [0.3, 0.4) is 0 Å². The van der Waals surface area contributed by atoms with E-state index in [1.165, 1.54) is 4.90 Å². The zero-order valence-electron chi connectivity index (χ0n) is 10.8. The van der Waals surface area contributed by atoms with Crippen LogP contribution in [0.2, 0.25) is 0 Å². The van der Waals surface area contributed by atoms with Crippen LogP contribution in [0, 0.1) is 0 Å². The van der Waals surface area contributed by atoms with Gasteiger partial charge < -0.3 is 14.9 Å². The minimum Gasteiger partial charge on any atom is -0.479 e. The van der Waals surface area contributed by atoms with Crippen molar-refractivity contribution < 1.29 is 14.7 Å². The second-order valence-electron chi connectivity index (χ2n) is 4.88. The molecule has 1 rings (SSSR count). The number of carbonyl (C=O) groups is 2. The van der Waals surface area contributed by atoms with E-state index in [1.807, 2.05) is 13.8 Å². The maximum Gasteiger partial charge on any atom is 0.329 e. The maximum absolute atomic E-state index is 11.6. The molecule has 1 heterocycles. The van der Waals surface area contributed by atoms with Gasteiger partial charge in [0.15, 0.2) is 0 Å². The molecule has 5 nitrogen and oxygen atoms in total. The fourth-order valence-electron chi connectivity index (χ4n) is 2.54. The molecular weight excluding hydrogens is 220 g/mol. The minimum atomic E-state index is -1.01. The molecule has 0 spiro atoms. The van der Waals surface area contributed by atoms with Crippen LogP contribution in [0.5, 0.6) is 0 Å². The Morgan fingerprint density at radius 3 is 2.29 bits per heavy atom. The first-order valence-corrected chi connectivity index (χ1v) is 6.17. The zero-order chi connectivity index (χ0) is 13.1. The number of aliphatic carboxylic acids is 1. The molecule has 0 saturated carbocycles. The van der Waals surface area contributed by atoms with Crippen molar-refractivity contribution in [1.82, 2.24) is 9.80 Å². The smallest absolute Gasteiger partial charge is 0.329 e. The normalized spacial score (nSPS) is 20.2. The van der Waals surface area contributed by atoms with Gasteiger partial charge in [0.2, 0.25) is 6.41 Å². The van der Waals surface area contributed by atoms with E-state index < -0.39 is 11.5 Å². The molecule has 0 unspecified atom stereocenters. The summed E-state index contributed by atoms with van der Waals surface area (Å²) in [6, 6.07) is -0.0863. The molecule has 0 aromatic carbocycles. The van der Waals surface area contributed by atoms with Crippen LogP contribution in [0.15, 0.2) is 0 Å². The molecule has 0 aliphatic carbocycles. The van der Waals surface area contributed by atoms with Crippen molar-refractivity contribution in [2.24, 2.45) is 0 Å². The number of hydrogen-bond acceptors (Lipinski definition) is 3. The van der Waals surface area contributed by atoms with Crippen molar-refractivity contribution in [3.8, 4) is 0 Å². The van der Waals surface area contributed by atoms with E-state index in [1.54, 1.807) is 0 Å². The van der Waals surface area contributed by atoms with E-state index in [2.05, 4.69) is 11.8 Å². The lowest BCUT2D eigenvalue weighted by molar-refractivity contribution is -0.161. The van der Waals surface area contributed by atoms with E-state index in [0.29, 0.717) is 19.3 Å². The SMILES string of the molecule is CCN1CCC(C(=O)O)(N(C=O)C(C)C)CC1. The van der Waals surface area contributed by atoms with Crippen LogP contribution < -0.4 is 0 Å². The third kappa shape index (κ3) is 2.60. The number of carboxylic acids is 1. The Bertz CT molecular complexity index is 283. The Morgan fingerprint density at radius 1 is 1.47 bits per heavy atom. The summed E-state index contributed by atoms with van der Waals surface area (Å²) in [5.74, 6) is -0.881. The summed E-state index contributed by atoms with van der Waals surface area (Å²) in [5.41, 5.74) is -1.01. The maximum atomic E-state index is 11.6. The van der Waals surface area contributed by atoms with Crippen molar-refractivity contribution >= 4 is 12.4 Å². The average Bonchev–Trinajstić information content (AvgIpc) is 2.30. The molecule has 1 fully saturated rings. The second-order valence-corrected chi connectivity index (χ2v) is 4.88. The lowest BCUT2D eigenvalue weighted by Crippen LogP contribution is -2.61. The molecule has 1 aliphatic heterocycles. The molecule has 17 heavy (non-hydrogen) atoms. The number of rotatable bonds is 5. The fraction of sp³-hybridized carbons (Fsp3) is 0.833. The standard InChI is InChI=1S/C12H22N2O3/c1-4-13-7-5-12(6-8-13,11(16)17)14(9-15)10(2)3/h9-10H,4-8H2,1-3H3,(H,16,17). The Balaban J connectivity index is 2.92. The number of amides is 1. The monoisotopic (exact) mass is 242 g/mol. The quantitative estimate of drug-likeness (QED) is 0.724. The Kier molecular flexibility index (Phi) is 4.51. The number of carboxylic acid groups (broad SMARTS) is 1. The van der Waals surface area contributed by atoms with Crippen molar-refractivity contribution in [2.45, 2.75) is 45.2 Å². The first kappa shape index (κ1) is 14.0. The van der Waals surface area contributed by atoms with Gasteiger partial charge in [-0.25, -0.2) is 4.79 Å². The largest absolute Gasteiger partial charge is 0.479 e. The molecule has 98 valence electrons. The number of likely N-dealkylation sites (tertiary alicyclic amines) is 1. The second kappa shape index (κ2) is 5.49. The van der Waals surface area contributed by atoms with E-state index >= 15 is 0 Å². The highest BCUT2D eigenvalue weighted by Crippen LogP contribution is 2.30. The van der Waals surface area contributed by atoms with Gasteiger partial charge in [-0.3, -0.25) is 4.79 Å². The number of piperidine rings is 1. The lowest BCUT2D eigenvalue weighted by atomic mass is 9.85. The molecule has 0 atom stereocenters. The minimum absolute atomic E-state index is 0.0863. The average molecular weight is 242 g/mol. The zero-order valence-corrected chi connectivity index (χ0v) is 10.8. The molecule has 1 aliphatic rings. The predicted octanol–water partition coefficient (Wildman–Crippen LogP) is 0.792. The molecule has 0 radical (unpaired) electrons. The van der Waals surface area contributed by atoms with Crippen molar-refractivity contribution in [3.05, 3.63) is 0 Å². The fourth-order valence-corrected chi connectivity index (χ4v) is 2.54. The van der Waals surface area contributed by atoms with Gasteiger partial charge in [-0.05, 0) is 33.2 Å². The summed E-state index contributed by atoms with van der Waals surface area (Å²) in [6.45, 7) is 8.17. The molecule has 5 heteroatoms. The summed E-state index contributed by atoms with van der Waals surface area (Å²) in [7, 11) is 0. The van der Waals surface area contributed by atoms with E-state index in [9.17, 15) is 14.7 Å². The van der Waals surface area contributed by atoms with Gasteiger partial charge in [-0.1, -0.05) is 6.92 Å². The molecule has 0 aromatic rings. The summed E-state index contributed by atoms with van der Waals surface area (Å²) in [5, 5.41) is 9.48. The highest BCUT2D eigenvalue weighted by molar-refractivity contribution is 5.81. The van der Waals surface area contributed by atoms with Crippen LogP contribution in [0.25, 0.3) is 0 Å². The predicted molar refractivity (Wildman–Crippen MR) is 64.8 cm³/mol. The molecule has 0 bridgehead atoms. The summed E-state index contributed by atoms with van der Waals surface area (Å²) >= 11 is 0. The van der Waals surface area contributed by atoms with E-state index in [-0.39, 0.29) is 6.04 Å². The number of nitrogens with zero attached hydrogens (tertiary/aromatic N) is 2. The Morgan fingerprint density at radius 2 is 2.00 bits per heavy atom. The summed E-state index contributed by atoms with van der Waals surface area (Å²) < 4.78 is 0. The molecule has 0 aromatic heterocycles. The van der Waals surface area contributed by atoms with E-state index in [0.717, 1.165) is 19.6 Å². The molecule has 1 saturated heterocycles. The molecular formula is C12H22N2O3. The number of carbonyl (C=O) groups excluding carboxylic acids is 1. The Hall–Kier alpha value is -1.10. The van der Waals surface area contributed by atoms with Gasteiger partial charge in [-0.2, -0.15) is 0 Å². The first-order valence-electron chi connectivity index (χ1n) is 6.17. The van der Waals surface area contributed by atoms with Crippen molar-refractivity contribution in [3.63, 3.8) is 0 Å². The van der Waals surface area contributed by atoms with Gasteiger partial charge >= 0.3 is 5.97 Å². The van der Waals surface area contributed by atoms with E-state index in [4.69, 9.17) is 0 Å². The third-order valence-corrected chi connectivity index (χ3v) is 3.69. The van der Waals surface area contributed by atoms with Crippen LogP contribution in [0.1, 0.15) is 33.6 Å².